The maximum Gasteiger partial charge on any atom is 0.243 e. The van der Waals surface area contributed by atoms with E-state index in [-0.39, 0.29) is 17.2 Å². The topological polar surface area (TPSA) is 115 Å². The van der Waals surface area contributed by atoms with E-state index in [0.29, 0.717) is 49.1 Å². The van der Waals surface area contributed by atoms with Crippen LogP contribution in [0.1, 0.15) is 44.4 Å². The predicted molar refractivity (Wildman–Crippen MR) is 132 cm³/mol. The zero-order valence-corrected chi connectivity index (χ0v) is 20.6. The molecular weight excluding hydrogens is 468 g/mol. The first-order chi connectivity index (χ1) is 17.0. The number of hydrogen-bond acceptors (Lipinski definition) is 7. The largest absolute Gasteiger partial charge is 0.496 e. The lowest BCUT2D eigenvalue weighted by molar-refractivity contribution is -0.116. The Bertz CT molecular complexity index is 1230. The molecule has 0 aliphatic carbocycles. The van der Waals surface area contributed by atoms with Crippen molar-refractivity contribution >= 4 is 21.6 Å². The van der Waals surface area contributed by atoms with Gasteiger partial charge in [-0.25, -0.2) is 8.42 Å². The molecule has 1 aromatic heterocycles. The van der Waals surface area contributed by atoms with E-state index < -0.39 is 10.0 Å². The number of aryl methyl sites for hydroxylation is 1. The van der Waals surface area contributed by atoms with E-state index in [1.54, 1.807) is 35.7 Å². The number of carbonyl (C=O) groups excluding carboxylic acids is 1. The zero-order chi connectivity index (χ0) is 24.7. The summed E-state index contributed by atoms with van der Waals surface area (Å²) in [7, 11) is -1.92. The van der Waals surface area contributed by atoms with Gasteiger partial charge in [-0.05, 0) is 55.7 Å². The van der Waals surface area contributed by atoms with Crippen LogP contribution < -0.4 is 10.1 Å². The summed E-state index contributed by atoms with van der Waals surface area (Å²) in [6, 6.07) is 13.8. The highest BCUT2D eigenvalue weighted by Gasteiger charge is 2.25. The van der Waals surface area contributed by atoms with E-state index in [9.17, 15) is 13.2 Å². The third-order valence-electron chi connectivity index (χ3n) is 5.95. The predicted octanol–water partition coefficient (Wildman–Crippen LogP) is 4.27. The minimum absolute atomic E-state index is 0.169. The summed E-state index contributed by atoms with van der Waals surface area (Å²) in [5.74, 6) is 1.38. The van der Waals surface area contributed by atoms with Crippen molar-refractivity contribution in [2.75, 3.05) is 25.5 Å². The maximum absolute atomic E-state index is 12.9. The van der Waals surface area contributed by atoms with Gasteiger partial charge in [-0.2, -0.15) is 9.29 Å². The molecule has 1 saturated heterocycles. The van der Waals surface area contributed by atoms with Gasteiger partial charge in [0.2, 0.25) is 27.6 Å². The summed E-state index contributed by atoms with van der Waals surface area (Å²) >= 11 is 0. The van der Waals surface area contributed by atoms with Gasteiger partial charge in [0.1, 0.15) is 5.75 Å². The van der Waals surface area contributed by atoms with E-state index in [2.05, 4.69) is 15.5 Å². The molecule has 0 bridgehead atoms. The highest BCUT2D eigenvalue weighted by atomic mass is 32.2. The van der Waals surface area contributed by atoms with Crippen LogP contribution in [0.3, 0.4) is 0 Å². The van der Waals surface area contributed by atoms with Crippen molar-refractivity contribution in [1.82, 2.24) is 14.4 Å². The molecule has 4 rings (SSSR count). The summed E-state index contributed by atoms with van der Waals surface area (Å²) in [6.45, 7) is 1.11. The number of amides is 1. The first-order valence-corrected chi connectivity index (χ1v) is 13.3. The van der Waals surface area contributed by atoms with Crippen molar-refractivity contribution in [2.45, 2.75) is 49.8 Å². The van der Waals surface area contributed by atoms with Gasteiger partial charge in [0.05, 0.1) is 17.6 Å². The van der Waals surface area contributed by atoms with Crippen molar-refractivity contribution in [1.29, 1.82) is 0 Å². The molecule has 0 unspecified atom stereocenters. The van der Waals surface area contributed by atoms with Crippen LogP contribution in [0.5, 0.6) is 5.75 Å². The second kappa shape index (κ2) is 11.5. The third-order valence-corrected chi connectivity index (χ3v) is 7.86. The normalized spacial score (nSPS) is 14.9. The van der Waals surface area contributed by atoms with E-state index >= 15 is 0 Å². The average molecular weight is 499 g/mol. The number of sulfonamides is 1. The minimum atomic E-state index is -3.51. The summed E-state index contributed by atoms with van der Waals surface area (Å²) in [6.07, 6.45) is 5.15. The second-order valence-electron chi connectivity index (χ2n) is 8.46. The Morgan fingerprint density at radius 3 is 2.49 bits per heavy atom. The number of nitrogens with one attached hydrogen (secondary N) is 1. The fourth-order valence-corrected chi connectivity index (χ4v) is 5.58. The Morgan fingerprint density at radius 1 is 1.06 bits per heavy atom. The van der Waals surface area contributed by atoms with Crippen LogP contribution in [0.2, 0.25) is 0 Å². The van der Waals surface area contributed by atoms with Gasteiger partial charge in [-0.3, -0.25) is 4.79 Å². The molecule has 1 aliphatic rings. The molecule has 0 atom stereocenters. The number of hydrogen-bond donors (Lipinski definition) is 1. The van der Waals surface area contributed by atoms with Crippen molar-refractivity contribution in [3.63, 3.8) is 0 Å². The lowest BCUT2D eigenvalue weighted by atomic mass is 10.2. The van der Waals surface area contributed by atoms with Gasteiger partial charge >= 0.3 is 0 Å². The highest BCUT2D eigenvalue weighted by Crippen LogP contribution is 2.27. The van der Waals surface area contributed by atoms with Gasteiger partial charge in [-0.1, -0.05) is 30.1 Å². The van der Waals surface area contributed by atoms with Crippen LogP contribution in [0.15, 0.2) is 57.9 Å². The van der Waals surface area contributed by atoms with Crippen LogP contribution in [0, 0.1) is 0 Å². The number of carbonyl (C=O) groups is 1. The molecule has 3 aromatic rings. The van der Waals surface area contributed by atoms with Gasteiger partial charge in [0.15, 0.2) is 0 Å². The molecule has 35 heavy (non-hydrogen) atoms. The average Bonchev–Trinajstić information content (AvgIpc) is 3.15. The second-order valence-corrected chi connectivity index (χ2v) is 10.4. The SMILES string of the molecule is COc1ccccc1-c1noc(CCCC(=O)Nc2ccc(S(=O)(=O)N3CCCCCC3)cc2)n1. The van der Waals surface area contributed by atoms with Crippen molar-refractivity contribution in [2.24, 2.45) is 0 Å². The smallest absolute Gasteiger partial charge is 0.243 e. The van der Waals surface area contributed by atoms with E-state index in [0.717, 1.165) is 31.2 Å². The first-order valence-electron chi connectivity index (χ1n) is 11.8. The van der Waals surface area contributed by atoms with Crippen LogP contribution >= 0.6 is 0 Å². The lowest BCUT2D eigenvalue weighted by Crippen LogP contribution is -2.31. The quantitative estimate of drug-likeness (QED) is 0.468. The van der Waals surface area contributed by atoms with Crippen molar-refractivity contribution in [3.05, 3.63) is 54.4 Å². The number of aromatic nitrogens is 2. The lowest BCUT2D eigenvalue weighted by Gasteiger charge is -2.20. The number of nitrogens with zero attached hydrogens (tertiary/aromatic N) is 3. The van der Waals surface area contributed by atoms with Crippen LogP contribution in [0.25, 0.3) is 11.4 Å². The standard InChI is InChI=1S/C25H30N4O5S/c1-33-22-10-5-4-9-21(22)25-27-24(34-28-25)12-8-11-23(30)26-19-13-15-20(16-14-19)35(31,32)29-17-6-2-3-7-18-29/h4-5,9-10,13-16H,2-3,6-8,11-12,17-18H2,1H3,(H,26,30). The van der Waals surface area contributed by atoms with E-state index in [4.69, 9.17) is 9.26 Å². The Morgan fingerprint density at radius 2 is 1.77 bits per heavy atom. The van der Waals surface area contributed by atoms with Gasteiger partial charge in [-0.15, -0.1) is 0 Å². The molecule has 2 heterocycles. The van der Waals surface area contributed by atoms with Crippen molar-refractivity contribution < 1.29 is 22.5 Å². The monoisotopic (exact) mass is 498 g/mol. The molecule has 1 N–H and O–H groups in total. The zero-order valence-electron chi connectivity index (χ0n) is 19.8. The van der Waals surface area contributed by atoms with Crippen molar-refractivity contribution in [3.8, 4) is 17.1 Å². The van der Waals surface area contributed by atoms with E-state index in [1.807, 2.05) is 24.3 Å². The molecule has 2 aromatic carbocycles. The minimum Gasteiger partial charge on any atom is -0.496 e. The molecule has 10 heteroatoms. The van der Waals surface area contributed by atoms with Gasteiger partial charge in [0.25, 0.3) is 0 Å². The molecule has 0 spiro atoms. The number of para-hydroxylation sites is 1. The maximum atomic E-state index is 12.9. The number of methoxy groups -OCH3 is 1. The Kier molecular flexibility index (Phi) is 8.14. The van der Waals surface area contributed by atoms with Gasteiger partial charge in [0, 0.05) is 31.6 Å². The molecule has 1 amide bonds. The fraction of sp³-hybridized carbons (Fsp3) is 0.400. The molecule has 0 radical (unpaired) electrons. The Hall–Kier alpha value is -3.24. The van der Waals surface area contributed by atoms with Crippen LogP contribution in [0.4, 0.5) is 5.69 Å². The molecule has 186 valence electrons. The number of benzene rings is 2. The molecular formula is C25H30N4O5S. The number of ether oxygens (including phenoxy) is 1. The molecule has 9 nitrogen and oxygen atoms in total. The molecule has 0 saturated carbocycles. The highest BCUT2D eigenvalue weighted by molar-refractivity contribution is 7.89. The fourth-order valence-electron chi connectivity index (χ4n) is 4.06. The number of rotatable bonds is 9. The van der Waals surface area contributed by atoms with Crippen LogP contribution in [-0.2, 0) is 21.2 Å². The summed E-state index contributed by atoms with van der Waals surface area (Å²) in [5, 5.41) is 6.82. The van der Waals surface area contributed by atoms with E-state index in [1.165, 1.54) is 0 Å². The molecule has 1 aliphatic heterocycles. The third kappa shape index (κ3) is 6.26. The number of anilines is 1. The summed E-state index contributed by atoms with van der Waals surface area (Å²) < 4.78 is 38.0. The van der Waals surface area contributed by atoms with Crippen LogP contribution in [-0.4, -0.2) is 49.0 Å². The molecule has 1 fully saturated rings. The summed E-state index contributed by atoms with van der Waals surface area (Å²) in [5.41, 5.74) is 1.30. The summed E-state index contributed by atoms with van der Waals surface area (Å²) in [4.78, 5) is 17.0. The Labute approximate surface area is 205 Å². The Balaban J connectivity index is 1.27. The first kappa shape index (κ1) is 24.9. The van der Waals surface area contributed by atoms with Gasteiger partial charge < -0.3 is 14.6 Å².